The Hall–Kier alpha value is -1.88. The molecule has 0 aromatic carbocycles. The van der Waals surface area contributed by atoms with Crippen LogP contribution in [0.5, 0.6) is 0 Å². The molecule has 5 nitrogen and oxygen atoms in total. The molecule has 0 saturated heterocycles. The van der Waals surface area contributed by atoms with E-state index in [0.29, 0.717) is 11.3 Å². The smallest absolute Gasteiger partial charge is 0.224 e. The first-order chi connectivity index (χ1) is 7.34. The molecule has 3 rings (SSSR count). The molecular formula is C9H5ClN4O. The number of hydrogen-bond acceptors (Lipinski definition) is 4. The second-order valence-corrected chi connectivity index (χ2v) is 3.32. The van der Waals surface area contributed by atoms with Crippen LogP contribution in [-0.4, -0.2) is 20.2 Å². The van der Waals surface area contributed by atoms with Gasteiger partial charge in [0.2, 0.25) is 5.28 Å². The highest BCUT2D eigenvalue weighted by molar-refractivity contribution is 6.28. The summed E-state index contributed by atoms with van der Waals surface area (Å²) in [7, 11) is 0. The lowest BCUT2D eigenvalue weighted by atomic mass is 10.2. The maximum Gasteiger partial charge on any atom is 0.224 e. The topological polar surface area (TPSA) is 67.6 Å². The minimum Gasteiger partial charge on any atom is -0.472 e. The summed E-state index contributed by atoms with van der Waals surface area (Å²) in [6.07, 6.45) is 4.84. The minimum atomic E-state index is 0.183. The van der Waals surface area contributed by atoms with Crippen molar-refractivity contribution in [3.63, 3.8) is 0 Å². The highest BCUT2D eigenvalue weighted by atomic mass is 35.5. The first-order valence-electron chi connectivity index (χ1n) is 4.24. The van der Waals surface area contributed by atoms with Crippen LogP contribution < -0.4 is 0 Å². The number of aromatic amines is 1. The highest BCUT2D eigenvalue weighted by Crippen LogP contribution is 2.25. The van der Waals surface area contributed by atoms with Crippen LogP contribution in [-0.2, 0) is 0 Å². The monoisotopic (exact) mass is 220 g/mol. The van der Waals surface area contributed by atoms with Gasteiger partial charge in [-0.05, 0) is 17.7 Å². The van der Waals surface area contributed by atoms with Crippen LogP contribution in [0.25, 0.3) is 22.3 Å². The lowest BCUT2D eigenvalue weighted by Crippen LogP contribution is -1.88. The molecule has 0 spiro atoms. The first kappa shape index (κ1) is 8.43. The molecule has 0 aliphatic rings. The second-order valence-electron chi connectivity index (χ2n) is 2.99. The maximum atomic E-state index is 5.80. The minimum absolute atomic E-state index is 0.183. The molecule has 0 aliphatic heterocycles. The van der Waals surface area contributed by atoms with Gasteiger partial charge >= 0.3 is 0 Å². The van der Waals surface area contributed by atoms with Crippen LogP contribution in [0.1, 0.15) is 0 Å². The third-order valence-corrected chi connectivity index (χ3v) is 2.25. The molecule has 0 atom stereocenters. The Morgan fingerprint density at radius 1 is 1.33 bits per heavy atom. The van der Waals surface area contributed by atoms with E-state index in [-0.39, 0.29) is 5.28 Å². The number of rotatable bonds is 1. The summed E-state index contributed by atoms with van der Waals surface area (Å²) in [5, 5.41) is 7.65. The van der Waals surface area contributed by atoms with E-state index in [9.17, 15) is 0 Å². The Bertz CT molecular complexity index is 602. The van der Waals surface area contributed by atoms with E-state index >= 15 is 0 Å². The number of hydrogen-bond donors (Lipinski definition) is 1. The van der Waals surface area contributed by atoms with Crippen molar-refractivity contribution in [2.45, 2.75) is 0 Å². The van der Waals surface area contributed by atoms with Crippen LogP contribution in [0.2, 0.25) is 5.28 Å². The van der Waals surface area contributed by atoms with E-state index in [1.165, 1.54) is 0 Å². The molecule has 0 fully saturated rings. The summed E-state index contributed by atoms with van der Waals surface area (Å²) in [4.78, 5) is 8.16. The molecule has 3 aromatic heterocycles. The quantitative estimate of drug-likeness (QED) is 0.639. The van der Waals surface area contributed by atoms with Crippen molar-refractivity contribution in [2.24, 2.45) is 0 Å². The van der Waals surface area contributed by atoms with Crippen LogP contribution in [0.4, 0.5) is 0 Å². The Morgan fingerprint density at radius 2 is 2.27 bits per heavy atom. The van der Waals surface area contributed by atoms with Gasteiger partial charge in [-0.15, -0.1) is 0 Å². The summed E-state index contributed by atoms with van der Waals surface area (Å²) in [6, 6.07) is 1.81. The van der Waals surface area contributed by atoms with Crippen molar-refractivity contribution >= 4 is 22.6 Å². The highest BCUT2D eigenvalue weighted by Gasteiger charge is 2.10. The molecule has 15 heavy (non-hydrogen) atoms. The van der Waals surface area contributed by atoms with E-state index < -0.39 is 0 Å². The van der Waals surface area contributed by atoms with Crippen LogP contribution >= 0.6 is 11.6 Å². The lowest BCUT2D eigenvalue weighted by molar-refractivity contribution is 0.568. The van der Waals surface area contributed by atoms with Crippen LogP contribution in [0, 0.1) is 0 Å². The van der Waals surface area contributed by atoms with E-state index in [4.69, 9.17) is 16.0 Å². The van der Waals surface area contributed by atoms with Gasteiger partial charge in [0, 0.05) is 5.56 Å². The molecule has 0 radical (unpaired) electrons. The maximum absolute atomic E-state index is 5.80. The first-order valence-corrected chi connectivity index (χ1v) is 4.61. The van der Waals surface area contributed by atoms with Gasteiger partial charge in [-0.2, -0.15) is 10.1 Å². The van der Waals surface area contributed by atoms with Crippen molar-refractivity contribution < 1.29 is 4.42 Å². The summed E-state index contributed by atoms with van der Waals surface area (Å²) in [5.74, 6) is 0. The Morgan fingerprint density at radius 3 is 3.07 bits per heavy atom. The number of nitrogens with one attached hydrogen (secondary N) is 1. The molecule has 74 valence electrons. The third kappa shape index (κ3) is 1.28. The van der Waals surface area contributed by atoms with Crippen molar-refractivity contribution in [1.29, 1.82) is 0 Å². The molecule has 0 amide bonds. The lowest BCUT2D eigenvalue weighted by Gasteiger charge is -1.98. The zero-order valence-corrected chi connectivity index (χ0v) is 8.19. The molecule has 0 bridgehead atoms. The van der Waals surface area contributed by atoms with E-state index in [0.717, 1.165) is 10.9 Å². The number of halogens is 1. The molecule has 0 unspecified atom stereocenters. The van der Waals surface area contributed by atoms with Gasteiger partial charge in [-0.1, -0.05) is 0 Å². The largest absolute Gasteiger partial charge is 0.472 e. The number of nitrogens with zero attached hydrogens (tertiary/aromatic N) is 3. The Kier molecular flexibility index (Phi) is 1.72. The van der Waals surface area contributed by atoms with Crippen LogP contribution in [0.3, 0.4) is 0 Å². The fraction of sp³-hybridized carbons (Fsp3) is 0. The standard InChI is InChI=1S/C9H5ClN4O/c10-9-12-7(5-1-2-15-4-5)6-3-11-14-8(6)13-9/h1-4H,(H,11,12,13,14). The van der Waals surface area contributed by atoms with Gasteiger partial charge in [0.15, 0.2) is 5.65 Å². The van der Waals surface area contributed by atoms with Gasteiger partial charge in [0.05, 0.1) is 29.8 Å². The average molecular weight is 221 g/mol. The predicted octanol–water partition coefficient (Wildman–Crippen LogP) is 2.27. The van der Waals surface area contributed by atoms with Crippen molar-refractivity contribution in [2.75, 3.05) is 0 Å². The van der Waals surface area contributed by atoms with Gasteiger partial charge in [0.1, 0.15) is 0 Å². The van der Waals surface area contributed by atoms with E-state index in [1.54, 1.807) is 18.7 Å². The van der Waals surface area contributed by atoms with Crippen LogP contribution in [0.15, 0.2) is 29.2 Å². The Labute approximate surface area is 89.1 Å². The molecule has 6 heteroatoms. The number of aromatic nitrogens is 4. The van der Waals surface area contributed by atoms with Crippen molar-refractivity contribution in [3.8, 4) is 11.3 Å². The van der Waals surface area contributed by atoms with Gasteiger partial charge < -0.3 is 4.42 Å². The SMILES string of the molecule is Clc1nc(-c2ccoc2)c2cn[nH]c2n1. The van der Waals surface area contributed by atoms with Gasteiger partial charge in [0.25, 0.3) is 0 Å². The summed E-state index contributed by atoms with van der Waals surface area (Å²) in [5.41, 5.74) is 2.18. The molecule has 3 heterocycles. The van der Waals surface area contributed by atoms with Gasteiger partial charge in [-0.25, -0.2) is 4.98 Å². The normalized spacial score (nSPS) is 11.0. The summed E-state index contributed by atoms with van der Waals surface area (Å²) >= 11 is 5.80. The molecular weight excluding hydrogens is 216 g/mol. The summed E-state index contributed by atoms with van der Waals surface area (Å²) < 4.78 is 5.00. The number of furan rings is 1. The average Bonchev–Trinajstić information content (AvgIpc) is 2.86. The van der Waals surface area contributed by atoms with E-state index in [1.807, 2.05) is 6.07 Å². The fourth-order valence-corrected chi connectivity index (χ4v) is 1.60. The fourth-order valence-electron chi connectivity index (χ4n) is 1.43. The molecule has 3 aromatic rings. The third-order valence-electron chi connectivity index (χ3n) is 2.08. The number of fused-ring (bicyclic) bond motifs is 1. The second kappa shape index (κ2) is 3.06. The van der Waals surface area contributed by atoms with Gasteiger partial charge in [-0.3, -0.25) is 5.10 Å². The zero-order chi connectivity index (χ0) is 10.3. The van der Waals surface area contributed by atoms with E-state index in [2.05, 4.69) is 20.2 Å². The van der Waals surface area contributed by atoms with Crippen molar-refractivity contribution in [1.82, 2.24) is 20.2 Å². The Balaban J connectivity index is 2.38. The summed E-state index contributed by atoms with van der Waals surface area (Å²) in [6.45, 7) is 0. The molecule has 0 aliphatic carbocycles. The number of H-pyrrole nitrogens is 1. The predicted molar refractivity (Wildman–Crippen MR) is 54.4 cm³/mol. The molecule has 0 saturated carbocycles. The zero-order valence-electron chi connectivity index (χ0n) is 7.44. The van der Waals surface area contributed by atoms with Crippen molar-refractivity contribution in [3.05, 3.63) is 30.1 Å². The molecule has 1 N–H and O–H groups in total.